The molecule has 6 nitrogen and oxygen atoms in total. The third-order valence-corrected chi connectivity index (χ3v) is 2.17. The first-order chi connectivity index (χ1) is 9.76. The summed E-state index contributed by atoms with van der Waals surface area (Å²) in [4.78, 5) is 26.3. The number of ether oxygens (including phenoxy) is 1. The first-order valence-corrected chi connectivity index (χ1v) is 5.96. The van der Waals surface area contributed by atoms with E-state index in [4.69, 9.17) is 0 Å². The Morgan fingerprint density at radius 3 is 2.62 bits per heavy atom. The summed E-state index contributed by atoms with van der Waals surface area (Å²) in [7, 11) is 0. The van der Waals surface area contributed by atoms with E-state index >= 15 is 0 Å². The van der Waals surface area contributed by atoms with E-state index < -0.39 is 24.8 Å². The largest absolute Gasteiger partial charge is 0.440 e. The van der Waals surface area contributed by atoms with Gasteiger partial charge in [-0.25, -0.2) is 9.78 Å². The van der Waals surface area contributed by atoms with E-state index in [9.17, 15) is 22.8 Å². The average molecular weight is 305 g/mol. The van der Waals surface area contributed by atoms with Crippen molar-refractivity contribution in [1.29, 1.82) is 0 Å². The Bertz CT molecular complexity index is 489. The van der Waals surface area contributed by atoms with Crippen LogP contribution in [0, 0.1) is 6.92 Å². The number of amides is 2. The molecule has 1 heterocycles. The SMILES string of the molecule is Cc1ccc(NC(=O)CCNC(=O)OCC(F)(F)F)nc1. The zero-order chi connectivity index (χ0) is 15.9. The van der Waals surface area contributed by atoms with Gasteiger partial charge in [-0.2, -0.15) is 13.2 Å². The van der Waals surface area contributed by atoms with Gasteiger partial charge in [-0.3, -0.25) is 4.79 Å². The number of alkyl halides is 3. The van der Waals surface area contributed by atoms with Crippen LogP contribution in [-0.4, -0.2) is 36.3 Å². The van der Waals surface area contributed by atoms with Gasteiger partial charge in [0, 0.05) is 19.2 Å². The lowest BCUT2D eigenvalue weighted by molar-refractivity contribution is -0.160. The fraction of sp³-hybridized carbons (Fsp3) is 0.417. The summed E-state index contributed by atoms with van der Waals surface area (Å²) in [6.45, 7) is 0.0295. The molecular weight excluding hydrogens is 291 g/mol. The number of rotatable bonds is 5. The van der Waals surface area contributed by atoms with Crippen molar-refractivity contribution in [2.24, 2.45) is 0 Å². The number of hydrogen-bond acceptors (Lipinski definition) is 4. The number of halogens is 3. The lowest BCUT2D eigenvalue weighted by Gasteiger charge is -2.09. The van der Waals surface area contributed by atoms with Gasteiger partial charge in [0.2, 0.25) is 5.91 Å². The van der Waals surface area contributed by atoms with Crippen LogP contribution in [-0.2, 0) is 9.53 Å². The predicted octanol–water partition coefficient (Wildman–Crippen LogP) is 2.01. The number of aromatic nitrogens is 1. The zero-order valence-corrected chi connectivity index (χ0v) is 11.2. The molecule has 0 bridgehead atoms. The summed E-state index contributed by atoms with van der Waals surface area (Å²) in [5.74, 6) is -0.0762. The molecule has 2 N–H and O–H groups in total. The molecule has 21 heavy (non-hydrogen) atoms. The smallest absolute Gasteiger partial charge is 0.422 e. The molecule has 0 spiro atoms. The maximum atomic E-state index is 11.8. The topological polar surface area (TPSA) is 80.3 Å². The van der Waals surface area contributed by atoms with Crippen LogP contribution in [0.2, 0.25) is 0 Å². The van der Waals surface area contributed by atoms with Gasteiger partial charge in [0.05, 0.1) is 0 Å². The van der Waals surface area contributed by atoms with Crippen LogP contribution in [0.1, 0.15) is 12.0 Å². The van der Waals surface area contributed by atoms with Crippen LogP contribution >= 0.6 is 0 Å². The Labute approximate surface area is 118 Å². The Hall–Kier alpha value is -2.32. The fourth-order valence-corrected chi connectivity index (χ4v) is 1.22. The molecule has 0 saturated heterocycles. The van der Waals surface area contributed by atoms with Gasteiger partial charge in [-0.05, 0) is 18.6 Å². The Balaban J connectivity index is 2.21. The zero-order valence-electron chi connectivity index (χ0n) is 11.2. The summed E-state index contributed by atoms with van der Waals surface area (Å²) in [6, 6.07) is 3.37. The van der Waals surface area contributed by atoms with Crippen molar-refractivity contribution < 1.29 is 27.5 Å². The van der Waals surface area contributed by atoms with Crippen molar-refractivity contribution in [2.75, 3.05) is 18.5 Å². The van der Waals surface area contributed by atoms with Gasteiger partial charge < -0.3 is 15.4 Å². The normalized spacial score (nSPS) is 10.9. The first kappa shape index (κ1) is 16.7. The molecular formula is C12H14F3N3O3. The molecule has 0 atom stereocenters. The first-order valence-electron chi connectivity index (χ1n) is 5.96. The highest BCUT2D eigenvalue weighted by atomic mass is 19.4. The van der Waals surface area contributed by atoms with Crippen molar-refractivity contribution in [2.45, 2.75) is 19.5 Å². The quantitative estimate of drug-likeness (QED) is 0.872. The van der Waals surface area contributed by atoms with Crippen molar-refractivity contribution in [3.8, 4) is 0 Å². The standard InChI is InChI=1S/C12H14F3N3O3/c1-8-2-3-9(17-6-8)18-10(19)4-5-16-11(20)21-7-12(13,14)15/h2-3,6H,4-5,7H2,1H3,(H,16,20)(H,17,18,19). The van der Waals surface area contributed by atoms with E-state index in [1.54, 1.807) is 18.3 Å². The van der Waals surface area contributed by atoms with E-state index in [1.165, 1.54) is 0 Å². The van der Waals surface area contributed by atoms with E-state index in [0.29, 0.717) is 5.82 Å². The van der Waals surface area contributed by atoms with Crippen LogP contribution in [0.4, 0.5) is 23.8 Å². The molecule has 1 aromatic rings. The molecule has 0 aliphatic carbocycles. The third kappa shape index (κ3) is 7.75. The van der Waals surface area contributed by atoms with Crippen molar-refractivity contribution >= 4 is 17.8 Å². The van der Waals surface area contributed by atoms with E-state index in [1.807, 2.05) is 12.2 Å². The highest BCUT2D eigenvalue weighted by Crippen LogP contribution is 2.14. The molecule has 0 fully saturated rings. The Morgan fingerprint density at radius 1 is 1.33 bits per heavy atom. The summed E-state index contributed by atoms with van der Waals surface area (Å²) in [6.07, 6.45) is -4.35. The Morgan fingerprint density at radius 2 is 2.05 bits per heavy atom. The van der Waals surface area contributed by atoms with Gasteiger partial charge in [0.1, 0.15) is 5.82 Å². The monoisotopic (exact) mass is 305 g/mol. The van der Waals surface area contributed by atoms with Crippen LogP contribution in [0.15, 0.2) is 18.3 Å². The van der Waals surface area contributed by atoms with Crippen LogP contribution < -0.4 is 10.6 Å². The highest BCUT2D eigenvalue weighted by Gasteiger charge is 2.29. The number of pyridine rings is 1. The minimum absolute atomic E-state index is 0.114. The number of hydrogen-bond donors (Lipinski definition) is 2. The van der Waals surface area contributed by atoms with Gasteiger partial charge in [0.25, 0.3) is 0 Å². The number of carbonyl (C=O) groups excluding carboxylic acids is 2. The van der Waals surface area contributed by atoms with E-state index in [-0.39, 0.29) is 13.0 Å². The van der Waals surface area contributed by atoms with Crippen molar-refractivity contribution in [1.82, 2.24) is 10.3 Å². The summed E-state index contributed by atoms with van der Waals surface area (Å²) < 4.78 is 39.2. The number of nitrogens with one attached hydrogen (secondary N) is 2. The number of alkyl carbamates (subject to hydrolysis) is 1. The van der Waals surface area contributed by atoms with Crippen molar-refractivity contribution in [3.63, 3.8) is 0 Å². The molecule has 0 unspecified atom stereocenters. The van der Waals surface area contributed by atoms with Crippen molar-refractivity contribution in [3.05, 3.63) is 23.9 Å². The van der Waals surface area contributed by atoms with E-state index in [2.05, 4.69) is 15.0 Å². The second-order valence-electron chi connectivity index (χ2n) is 4.14. The lowest BCUT2D eigenvalue weighted by atomic mass is 10.3. The molecule has 0 aromatic carbocycles. The average Bonchev–Trinajstić information content (AvgIpc) is 2.38. The summed E-state index contributed by atoms with van der Waals surface area (Å²) in [5, 5.41) is 4.52. The summed E-state index contributed by atoms with van der Waals surface area (Å²) in [5.41, 5.74) is 0.932. The maximum Gasteiger partial charge on any atom is 0.422 e. The van der Waals surface area contributed by atoms with Gasteiger partial charge >= 0.3 is 12.3 Å². The summed E-state index contributed by atoms with van der Waals surface area (Å²) >= 11 is 0. The van der Waals surface area contributed by atoms with Crippen LogP contribution in [0.5, 0.6) is 0 Å². The molecule has 1 rings (SSSR count). The van der Waals surface area contributed by atoms with Crippen LogP contribution in [0.25, 0.3) is 0 Å². The molecule has 9 heteroatoms. The van der Waals surface area contributed by atoms with Crippen LogP contribution in [0.3, 0.4) is 0 Å². The fourth-order valence-electron chi connectivity index (χ4n) is 1.22. The minimum Gasteiger partial charge on any atom is -0.440 e. The van der Waals surface area contributed by atoms with E-state index in [0.717, 1.165) is 5.56 Å². The third-order valence-electron chi connectivity index (χ3n) is 2.17. The van der Waals surface area contributed by atoms with Gasteiger partial charge in [0.15, 0.2) is 6.61 Å². The van der Waals surface area contributed by atoms with Gasteiger partial charge in [-0.15, -0.1) is 0 Å². The molecule has 0 aliphatic rings. The predicted molar refractivity (Wildman–Crippen MR) is 67.6 cm³/mol. The second kappa shape index (κ2) is 7.46. The molecule has 0 aliphatic heterocycles. The molecule has 1 aromatic heterocycles. The lowest BCUT2D eigenvalue weighted by Crippen LogP contribution is -2.31. The molecule has 0 radical (unpaired) electrons. The number of anilines is 1. The minimum atomic E-state index is -4.58. The molecule has 116 valence electrons. The Kier molecular flexibility index (Phi) is 5.94. The maximum absolute atomic E-state index is 11.8. The number of nitrogens with zero attached hydrogens (tertiary/aromatic N) is 1. The van der Waals surface area contributed by atoms with Gasteiger partial charge in [-0.1, -0.05) is 6.07 Å². The number of carbonyl (C=O) groups is 2. The number of aryl methyl sites for hydroxylation is 1. The molecule has 2 amide bonds. The molecule has 0 saturated carbocycles. The highest BCUT2D eigenvalue weighted by molar-refractivity contribution is 5.90. The second-order valence-corrected chi connectivity index (χ2v) is 4.14.